The molecule has 0 spiro atoms. The second kappa shape index (κ2) is 6.76. The molecule has 0 unspecified atom stereocenters. The molecule has 1 aromatic carbocycles. The minimum atomic E-state index is -0.360. The van der Waals surface area contributed by atoms with Gasteiger partial charge in [0.25, 0.3) is 0 Å². The van der Waals surface area contributed by atoms with Gasteiger partial charge in [0.1, 0.15) is 5.82 Å². The van der Waals surface area contributed by atoms with Crippen LogP contribution in [0.5, 0.6) is 0 Å². The smallest absolute Gasteiger partial charge is 0.233 e. The monoisotopic (exact) mass is 403 g/mol. The molecule has 28 heavy (non-hydrogen) atoms. The third-order valence-electron chi connectivity index (χ3n) is 5.81. The van der Waals surface area contributed by atoms with Gasteiger partial charge in [-0.15, -0.1) is 10.2 Å². The summed E-state index contributed by atoms with van der Waals surface area (Å²) in [6.07, 6.45) is 3.29. The van der Waals surface area contributed by atoms with Crippen LogP contribution in [0.2, 0.25) is 0 Å². The summed E-state index contributed by atoms with van der Waals surface area (Å²) in [6.45, 7) is 7.71. The van der Waals surface area contributed by atoms with Crippen LogP contribution in [-0.2, 0) is 4.79 Å². The Morgan fingerprint density at radius 1 is 1.32 bits per heavy atom. The number of aromatic nitrogens is 3. The molecule has 1 amide bonds. The van der Waals surface area contributed by atoms with Crippen LogP contribution in [0, 0.1) is 16.6 Å². The van der Waals surface area contributed by atoms with Gasteiger partial charge in [-0.1, -0.05) is 44.7 Å². The Kier molecular flexibility index (Phi) is 4.64. The molecule has 150 valence electrons. The van der Waals surface area contributed by atoms with E-state index in [1.54, 1.807) is 12.1 Å². The number of rotatable bonds is 4. The highest BCUT2D eigenvalue weighted by Gasteiger charge is 2.50. The van der Waals surface area contributed by atoms with Crippen molar-refractivity contribution in [2.75, 3.05) is 18.1 Å². The molecule has 2 aromatic rings. The average Bonchev–Trinajstić information content (AvgIpc) is 3.08. The van der Waals surface area contributed by atoms with E-state index >= 15 is 0 Å². The summed E-state index contributed by atoms with van der Waals surface area (Å²) in [5.74, 6) is 6.49. The van der Waals surface area contributed by atoms with Gasteiger partial charge in [0, 0.05) is 18.2 Å². The number of hydrogen-bond acceptors (Lipinski definition) is 5. The standard InChI is InChI=1S/C20H26FN5OS/c1-19(2)8-15-9-20(3,11-19)12-25(15)16(27)10-28-18-24-23-17(26(18)22)13-5-4-6-14(21)7-13/h4-7,15H,8-12,22H2,1-3H3/t15-,20-/m1/s1. The molecule has 1 saturated carbocycles. The van der Waals surface area contributed by atoms with Crippen molar-refractivity contribution in [1.82, 2.24) is 19.8 Å². The number of carbonyl (C=O) groups is 1. The summed E-state index contributed by atoms with van der Waals surface area (Å²) in [5, 5.41) is 8.59. The van der Waals surface area contributed by atoms with E-state index in [9.17, 15) is 9.18 Å². The molecular weight excluding hydrogens is 377 g/mol. The van der Waals surface area contributed by atoms with Crippen LogP contribution < -0.4 is 5.84 Å². The predicted octanol–water partition coefficient (Wildman–Crippen LogP) is 3.32. The van der Waals surface area contributed by atoms with Gasteiger partial charge in [-0.3, -0.25) is 4.79 Å². The molecule has 2 fully saturated rings. The van der Waals surface area contributed by atoms with Crippen molar-refractivity contribution in [1.29, 1.82) is 0 Å². The van der Waals surface area contributed by atoms with Crippen molar-refractivity contribution in [3.05, 3.63) is 30.1 Å². The number of fused-ring (bicyclic) bond motifs is 2. The van der Waals surface area contributed by atoms with E-state index in [0.29, 0.717) is 22.6 Å². The fraction of sp³-hybridized carbons (Fsp3) is 0.550. The minimum absolute atomic E-state index is 0.117. The highest BCUT2D eigenvalue weighted by molar-refractivity contribution is 7.99. The quantitative estimate of drug-likeness (QED) is 0.626. The zero-order chi connectivity index (χ0) is 20.1. The maximum atomic E-state index is 13.5. The number of hydrogen-bond donors (Lipinski definition) is 1. The van der Waals surface area contributed by atoms with Crippen molar-refractivity contribution < 1.29 is 9.18 Å². The van der Waals surface area contributed by atoms with E-state index in [2.05, 4.69) is 31.0 Å². The van der Waals surface area contributed by atoms with Gasteiger partial charge in [0.2, 0.25) is 11.1 Å². The van der Waals surface area contributed by atoms with E-state index in [1.165, 1.54) is 28.6 Å². The van der Waals surface area contributed by atoms with E-state index in [-0.39, 0.29) is 28.3 Å². The van der Waals surface area contributed by atoms with Crippen molar-refractivity contribution in [2.24, 2.45) is 10.8 Å². The van der Waals surface area contributed by atoms with Crippen LogP contribution in [0.25, 0.3) is 11.4 Å². The molecule has 1 aliphatic heterocycles. The zero-order valence-electron chi connectivity index (χ0n) is 16.5. The van der Waals surface area contributed by atoms with Gasteiger partial charge in [0.05, 0.1) is 5.75 Å². The molecular formula is C20H26FN5OS. The number of benzene rings is 1. The largest absolute Gasteiger partial charge is 0.338 e. The number of nitrogens with two attached hydrogens (primary N) is 1. The number of likely N-dealkylation sites (tertiary alicyclic amines) is 1. The van der Waals surface area contributed by atoms with Gasteiger partial charge >= 0.3 is 0 Å². The fourth-order valence-electron chi connectivity index (χ4n) is 5.16. The Hall–Kier alpha value is -2.09. The molecule has 1 saturated heterocycles. The molecule has 8 heteroatoms. The normalized spacial score (nSPS) is 25.9. The Morgan fingerprint density at radius 3 is 2.86 bits per heavy atom. The summed E-state index contributed by atoms with van der Waals surface area (Å²) < 4.78 is 14.8. The summed E-state index contributed by atoms with van der Waals surface area (Å²) in [6, 6.07) is 6.37. The molecule has 2 aliphatic rings. The highest BCUT2D eigenvalue weighted by Crippen LogP contribution is 2.52. The number of thioether (sulfide) groups is 1. The molecule has 2 bridgehead atoms. The predicted molar refractivity (Wildman–Crippen MR) is 108 cm³/mol. The lowest BCUT2D eigenvalue weighted by Crippen LogP contribution is -2.38. The first-order valence-corrected chi connectivity index (χ1v) is 10.5. The first kappa shape index (κ1) is 19.2. The van der Waals surface area contributed by atoms with Gasteiger partial charge in [-0.25, -0.2) is 9.07 Å². The van der Waals surface area contributed by atoms with Gasteiger partial charge < -0.3 is 10.7 Å². The van der Waals surface area contributed by atoms with Gasteiger partial charge in [-0.05, 0) is 42.2 Å². The average molecular weight is 404 g/mol. The molecule has 2 N–H and O–H groups in total. The molecule has 4 rings (SSSR count). The second-order valence-corrected chi connectivity index (χ2v) is 10.2. The van der Waals surface area contributed by atoms with Gasteiger partial charge in [0.15, 0.2) is 5.82 Å². The molecule has 6 nitrogen and oxygen atoms in total. The third-order valence-corrected chi connectivity index (χ3v) is 6.74. The maximum absolute atomic E-state index is 13.5. The number of nitrogen functional groups attached to an aromatic ring is 1. The zero-order valence-corrected chi connectivity index (χ0v) is 17.3. The molecule has 0 radical (unpaired) electrons. The van der Waals surface area contributed by atoms with E-state index < -0.39 is 0 Å². The molecule has 2 heterocycles. The molecule has 2 atom stereocenters. The Bertz CT molecular complexity index is 914. The second-order valence-electron chi connectivity index (χ2n) is 9.21. The number of nitrogens with zero attached hydrogens (tertiary/aromatic N) is 4. The van der Waals surface area contributed by atoms with Crippen LogP contribution in [0.15, 0.2) is 29.4 Å². The Morgan fingerprint density at radius 2 is 2.11 bits per heavy atom. The topological polar surface area (TPSA) is 77.0 Å². The lowest BCUT2D eigenvalue weighted by Gasteiger charge is -2.39. The Balaban J connectivity index is 1.44. The van der Waals surface area contributed by atoms with Crippen molar-refractivity contribution in [3.63, 3.8) is 0 Å². The van der Waals surface area contributed by atoms with Crippen LogP contribution in [0.1, 0.15) is 40.0 Å². The SMILES string of the molecule is CC1(C)C[C@@H]2C[C@@](C)(CN2C(=O)CSc2nnc(-c3cccc(F)c3)n2N)C1. The number of amides is 1. The highest BCUT2D eigenvalue weighted by atomic mass is 32.2. The molecule has 1 aliphatic carbocycles. The maximum Gasteiger partial charge on any atom is 0.233 e. The summed E-state index contributed by atoms with van der Waals surface area (Å²) in [5.41, 5.74) is 1.04. The molecule has 1 aromatic heterocycles. The van der Waals surface area contributed by atoms with E-state index in [1.807, 2.05) is 4.90 Å². The first-order chi connectivity index (χ1) is 13.2. The van der Waals surface area contributed by atoms with E-state index in [0.717, 1.165) is 25.8 Å². The van der Waals surface area contributed by atoms with E-state index in [4.69, 9.17) is 5.84 Å². The number of carbonyl (C=O) groups excluding carboxylic acids is 1. The fourth-order valence-corrected chi connectivity index (χ4v) is 5.90. The summed E-state index contributed by atoms with van der Waals surface area (Å²) in [7, 11) is 0. The lowest BCUT2D eigenvalue weighted by atomic mass is 9.65. The van der Waals surface area contributed by atoms with Crippen LogP contribution in [-0.4, -0.2) is 44.0 Å². The summed E-state index contributed by atoms with van der Waals surface area (Å²) >= 11 is 1.27. The van der Waals surface area contributed by atoms with Crippen molar-refractivity contribution >= 4 is 17.7 Å². The summed E-state index contributed by atoms with van der Waals surface area (Å²) in [4.78, 5) is 15.0. The Labute approximate surface area is 168 Å². The first-order valence-electron chi connectivity index (χ1n) is 9.55. The third kappa shape index (κ3) is 3.62. The van der Waals surface area contributed by atoms with Crippen molar-refractivity contribution in [3.8, 4) is 11.4 Å². The van der Waals surface area contributed by atoms with Crippen molar-refractivity contribution in [2.45, 2.75) is 51.2 Å². The minimum Gasteiger partial charge on any atom is -0.338 e. The van der Waals surface area contributed by atoms with Crippen LogP contribution in [0.4, 0.5) is 4.39 Å². The van der Waals surface area contributed by atoms with Crippen LogP contribution in [0.3, 0.4) is 0 Å². The lowest BCUT2D eigenvalue weighted by molar-refractivity contribution is -0.129. The van der Waals surface area contributed by atoms with Gasteiger partial charge in [-0.2, -0.15) is 0 Å². The van der Waals surface area contributed by atoms with Crippen LogP contribution >= 0.6 is 11.8 Å². The number of halogens is 1.